The lowest BCUT2D eigenvalue weighted by atomic mass is 9.98. The van der Waals surface area contributed by atoms with Gasteiger partial charge in [-0.2, -0.15) is 5.21 Å². The third-order valence-corrected chi connectivity index (χ3v) is 3.19. The minimum atomic E-state index is 0.621. The molecule has 5 heteroatoms. The Morgan fingerprint density at radius 3 is 2.19 bits per heavy atom. The maximum Gasteiger partial charge on any atom is 0.205 e. The van der Waals surface area contributed by atoms with E-state index in [-0.39, 0.29) is 0 Å². The van der Waals surface area contributed by atoms with Crippen LogP contribution in [0.15, 0.2) is 48.5 Å². The summed E-state index contributed by atoms with van der Waals surface area (Å²) < 4.78 is 0. The summed E-state index contributed by atoms with van der Waals surface area (Å²) in [5.74, 6) is 0.621. The molecule has 1 N–H and O–H groups in total. The highest BCUT2D eigenvalue weighted by Gasteiger charge is 2.09. The Labute approximate surface area is 127 Å². The number of tetrazole rings is 1. The molecular formula is C16H19N4P. The van der Waals surface area contributed by atoms with Gasteiger partial charge in [0.1, 0.15) is 0 Å². The first-order valence-corrected chi connectivity index (χ1v) is 8.04. The SMILES string of the molecule is CCc1ccc(-c2ccccc2-c2nn[nH]n2)cc1.CP. The van der Waals surface area contributed by atoms with Crippen LogP contribution in [0.4, 0.5) is 0 Å². The Bertz CT molecular complexity index is 663. The van der Waals surface area contributed by atoms with Crippen LogP contribution in [0.25, 0.3) is 22.5 Å². The van der Waals surface area contributed by atoms with Gasteiger partial charge in [-0.1, -0.05) is 62.1 Å². The van der Waals surface area contributed by atoms with Crippen molar-refractivity contribution in [2.75, 3.05) is 6.66 Å². The van der Waals surface area contributed by atoms with Gasteiger partial charge in [0.2, 0.25) is 5.82 Å². The molecule has 1 aromatic heterocycles. The molecule has 1 heterocycles. The van der Waals surface area contributed by atoms with Crippen molar-refractivity contribution in [1.29, 1.82) is 0 Å². The maximum atomic E-state index is 4.06. The van der Waals surface area contributed by atoms with E-state index in [1.54, 1.807) is 0 Å². The van der Waals surface area contributed by atoms with E-state index in [9.17, 15) is 0 Å². The quantitative estimate of drug-likeness (QED) is 0.752. The van der Waals surface area contributed by atoms with Crippen LogP contribution in [0.5, 0.6) is 0 Å². The number of aromatic nitrogens is 4. The van der Waals surface area contributed by atoms with E-state index in [0.29, 0.717) is 5.82 Å². The summed E-state index contributed by atoms with van der Waals surface area (Å²) in [5.41, 5.74) is 4.60. The number of benzene rings is 2. The monoisotopic (exact) mass is 298 g/mol. The lowest BCUT2D eigenvalue weighted by Crippen LogP contribution is -1.88. The first-order valence-electron chi connectivity index (χ1n) is 6.88. The molecule has 0 saturated heterocycles. The number of nitrogens with zero attached hydrogens (tertiary/aromatic N) is 3. The molecular weight excluding hydrogens is 279 g/mol. The Hall–Kier alpha value is -2.06. The minimum absolute atomic E-state index is 0.621. The molecule has 0 aliphatic heterocycles. The number of H-pyrrole nitrogens is 1. The summed E-state index contributed by atoms with van der Waals surface area (Å²) in [4.78, 5) is 0. The number of rotatable bonds is 3. The molecule has 21 heavy (non-hydrogen) atoms. The zero-order valence-corrected chi connectivity index (χ0v) is 13.4. The molecule has 1 atom stereocenters. The standard InChI is InChI=1S/C15H14N4.CH5P/c1-2-11-7-9-12(10-8-11)13-5-3-4-6-14(13)15-16-18-19-17-15;1-2/h3-10H,2H2,1H3,(H,16,17,18,19);2H2,1H3. The van der Waals surface area contributed by atoms with Crippen LogP contribution in [0.3, 0.4) is 0 Å². The molecule has 0 spiro atoms. The fourth-order valence-corrected chi connectivity index (χ4v) is 2.13. The van der Waals surface area contributed by atoms with E-state index >= 15 is 0 Å². The van der Waals surface area contributed by atoms with Gasteiger partial charge in [-0.3, -0.25) is 0 Å². The average Bonchev–Trinajstić information content (AvgIpc) is 3.11. The van der Waals surface area contributed by atoms with Crippen molar-refractivity contribution in [3.8, 4) is 22.5 Å². The van der Waals surface area contributed by atoms with Crippen LogP contribution >= 0.6 is 9.24 Å². The summed E-state index contributed by atoms with van der Waals surface area (Å²) in [6.45, 7) is 4.07. The highest BCUT2D eigenvalue weighted by atomic mass is 31.0. The van der Waals surface area contributed by atoms with E-state index < -0.39 is 0 Å². The van der Waals surface area contributed by atoms with Crippen LogP contribution in [0.1, 0.15) is 12.5 Å². The van der Waals surface area contributed by atoms with E-state index in [1.165, 1.54) is 5.56 Å². The van der Waals surface area contributed by atoms with Gasteiger partial charge < -0.3 is 0 Å². The van der Waals surface area contributed by atoms with Gasteiger partial charge in [-0.15, -0.1) is 19.4 Å². The van der Waals surface area contributed by atoms with Gasteiger partial charge in [-0.25, -0.2) is 0 Å². The Kier molecular flexibility index (Phi) is 5.59. The van der Waals surface area contributed by atoms with Crippen molar-refractivity contribution >= 4 is 9.24 Å². The van der Waals surface area contributed by atoms with Gasteiger partial charge in [0, 0.05) is 5.56 Å². The fraction of sp³-hybridized carbons (Fsp3) is 0.188. The summed E-state index contributed by atoms with van der Waals surface area (Å²) >= 11 is 0. The zero-order chi connectivity index (χ0) is 15.1. The number of nitrogens with one attached hydrogen (secondary N) is 1. The molecule has 0 amide bonds. The van der Waals surface area contributed by atoms with Crippen molar-refractivity contribution in [1.82, 2.24) is 20.6 Å². The van der Waals surface area contributed by atoms with Crippen molar-refractivity contribution < 1.29 is 0 Å². The van der Waals surface area contributed by atoms with Gasteiger partial charge in [0.05, 0.1) is 0 Å². The molecule has 0 saturated carbocycles. The predicted octanol–water partition coefficient (Wildman–Crippen LogP) is 3.59. The molecule has 0 radical (unpaired) electrons. The molecule has 0 aliphatic carbocycles. The number of hydrogen-bond acceptors (Lipinski definition) is 3. The first kappa shape index (κ1) is 15.3. The Balaban J connectivity index is 0.000000774. The molecule has 4 nitrogen and oxygen atoms in total. The van der Waals surface area contributed by atoms with Crippen molar-refractivity contribution in [2.24, 2.45) is 0 Å². The minimum Gasteiger partial charge on any atom is -0.177 e. The third kappa shape index (κ3) is 3.53. The second-order valence-electron chi connectivity index (χ2n) is 4.33. The molecule has 3 aromatic rings. The number of aromatic amines is 1. The van der Waals surface area contributed by atoms with Gasteiger partial charge >= 0.3 is 0 Å². The normalized spacial score (nSPS) is 9.86. The number of hydrogen-bond donors (Lipinski definition) is 1. The van der Waals surface area contributed by atoms with Gasteiger partial charge in [0.25, 0.3) is 0 Å². The lowest BCUT2D eigenvalue weighted by molar-refractivity contribution is 0.881. The molecule has 2 aromatic carbocycles. The average molecular weight is 298 g/mol. The third-order valence-electron chi connectivity index (χ3n) is 3.19. The molecule has 0 bridgehead atoms. The summed E-state index contributed by atoms with van der Waals surface area (Å²) in [5, 5.41) is 14.2. The number of aryl methyl sites for hydroxylation is 1. The van der Waals surface area contributed by atoms with E-state index in [0.717, 1.165) is 23.1 Å². The molecule has 108 valence electrons. The lowest BCUT2D eigenvalue weighted by Gasteiger charge is -2.07. The molecule has 0 aliphatic rings. The predicted molar refractivity (Wildman–Crippen MR) is 90.1 cm³/mol. The Morgan fingerprint density at radius 2 is 1.62 bits per heavy atom. The van der Waals surface area contributed by atoms with E-state index in [4.69, 9.17) is 0 Å². The Morgan fingerprint density at radius 1 is 0.952 bits per heavy atom. The van der Waals surface area contributed by atoms with Gasteiger partial charge in [-0.05, 0) is 28.3 Å². The van der Waals surface area contributed by atoms with Crippen molar-refractivity contribution in [2.45, 2.75) is 13.3 Å². The molecule has 0 fully saturated rings. The van der Waals surface area contributed by atoms with E-state index in [2.05, 4.69) is 67.1 Å². The fourth-order valence-electron chi connectivity index (χ4n) is 2.13. The highest BCUT2D eigenvalue weighted by Crippen LogP contribution is 2.29. The zero-order valence-electron chi connectivity index (χ0n) is 12.2. The highest BCUT2D eigenvalue weighted by molar-refractivity contribution is 7.15. The smallest absolute Gasteiger partial charge is 0.177 e. The van der Waals surface area contributed by atoms with Crippen molar-refractivity contribution in [3.05, 3.63) is 54.1 Å². The summed E-state index contributed by atoms with van der Waals surface area (Å²) in [6, 6.07) is 16.7. The van der Waals surface area contributed by atoms with Crippen molar-refractivity contribution in [3.63, 3.8) is 0 Å². The van der Waals surface area contributed by atoms with Crippen LogP contribution in [0.2, 0.25) is 0 Å². The van der Waals surface area contributed by atoms with Crippen LogP contribution < -0.4 is 0 Å². The second kappa shape index (κ2) is 7.65. The summed E-state index contributed by atoms with van der Waals surface area (Å²) in [7, 11) is 2.42. The van der Waals surface area contributed by atoms with E-state index in [1.807, 2.05) is 24.9 Å². The van der Waals surface area contributed by atoms with Crippen LogP contribution in [0, 0.1) is 0 Å². The maximum absolute atomic E-state index is 4.06. The summed E-state index contributed by atoms with van der Waals surface area (Å²) in [6.07, 6.45) is 1.05. The molecule has 3 rings (SSSR count). The van der Waals surface area contributed by atoms with Gasteiger partial charge in [0.15, 0.2) is 0 Å². The topological polar surface area (TPSA) is 54.5 Å². The largest absolute Gasteiger partial charge is 0.205 e. The van der Waals surface area contributed by atoms with Crippen LogP contribution in [-0.2, 0) is 6.42 Å². The van der Waals surface area contributed by atoms with Crippen LogP contribution in [-0.4, -0.2) is 27.3 Å². The molecule has 1 unspecified atom stereocenters. The first-order chi connectivity index (χ1) is 10.4. The second-order valence-corrected chi connectivity index (χ2v) is 4.33.